The highest BCUT2D eigenvalue weighted by Gasteiger charge is 2.45. The lowest BCUT2D eigenvalue weighted by molar-refractivity contribution is -0.121. The van der Waals surface area contributed by atoms with Crippen LogP contribution in [0.4, 0.5) is 0 Å². The van der Waals surface area contributed by atoms with Crippen molar-refractivity contribution in [2.24, 2.45) is 7.05 Å². The molecule has 5 nitrogen and oxygen atoms in total. The maximum absolute atomic E-state index is 12.5. The maximum Gasteiger partial charge on any atom is 0.228 e. The van der Waals surface area contributed by atoms with Crippen LogP contribution in [0.3, 0.4) is 0 Å². The van der Waals surface area contributed by atoms with Crippen LogP contribution in [0, 0.1) is 0 Å². The number of amides is 1. The molecule has 4 rings (SSSR count). The molecule has 0 bridgehead atoms. The summed E-state index contributed by atoms with van der Waals surface area (Å²) in [5.41, 5.74) is 2.39. The lowest BCUT2D eigenvalue weighted by Crippen LogP contribution is -2.50. The molecule has 0 unspecified atom stereocenters. The third kappa shape index (κ3) is 2.96. The number of carbonyl (C=O) groups is 1. The molecule has 2 aliphatic heterocycles. The van der Waals surface area contributed by atoms with Crippen LogP contribution in [-0.4, -0.2) is 39.2 Å². The Labute approximate surface area is 142 Å². The van der Waals surface area contributed by atoms with Crippen molar-refractivity contribution in [3.05, 3.63) is 53.9 Å². The number of nitrogens with zero attached hydrogens (tertiary/aromatic N) is 3. The highest BCUT2D eigenvalue weighted by molar-refractivity contribution is 5.87. The molecule has 0 saturated carbocycles. The van der Waals surface area contributed by atoms with E-state index in [1.54, 1.807) is 0 Å². The number of hydrogen-bond acceptors (Lipinski definition) is 3. The van der Waals surface area contributed by atoms with Gasteiger partial charge in [0.25, 0.3) is 0 Å². The molecule has 2 saturated heterocycles. The van der Waals surface area contributed by atoms with E-state index in [1.165, 1.54) is 5.56 Å². The minimum atomic E-state index is -0.0109. The molecule has 1 amide bonds. The molecule has 1 aromatic heterocycles. The lowest BCUT2D eigenvalue weighted by atomic mass is 9.82. The van der Waals surface area contributed by atoms with Gasteiger partial charge in [0.2, 0.25) is 5.91 Å². The molecule has 0 radical (unpaired) electrons. The third-order valence-electron chi connectivity index (χ3n) is 5.48. The van der Waals surface area contributed by atoms with Crippen molar-refractivity contribution >= 4 is 5.91 Å². The number of hydrogen-bond donors (Lipinski definition) is 1. The molecule has 24 heavy (non-hydrogen) atoms. The summed E-state index contributed by atoms with van der Waals surface area (Å²) in [6, 6.07) is 10.2. The first kappa shape index (κ1) is 15.4. The van der Waals surface area contributed by atoms with Crippen molar-refractivity contribution in [2.75, 3.05) is 13.1 Å². The Morgan fingerprint density at radius 1 is 1.25 bits per heavy atom. The van der Waals surface area contributed by atoms with E-state index >= 15 is 0 Å². The molecule has 126 valence electrons. The highest BCUT2D eigenvalue weighted by Crippen LogP contribution is 2.39. The Bertz CT molecular complexity index is 716. The number of benzene rings is 1. The summed E-state index contributed by atoms with van der Waals surface area (Å²) < 4.78 is 1.85. The van der Waals surface area contributed by atoms with E-state index in [4.69, 9.17) is 0 Å². The lowest BCUT2D eigenvalue weighted by Gasteiger charge is -2.39. The Kier molecular flexibility index (Phi) is 3.88. The van der Waals surface area contributed by atoms with Crippen LogP contribution < -0.4 is 5.32 Å². The fourth-order valence-electron chi connectivity index (χ4n) is 4.12. The molecule has 0 aliphatic carbocycles. The minimum Gasteiger partial charge on any atom is -0.350 e. The zero-order chi connectivity index (χ0) is 16.6. The van der Waals surface area contributed by atoms with E-state index in [-0.39, 0.29) is 17.4 Å². The molecule has 1 atom stereocenters. The number of carbonyl (C=O) groups excluding carboxylic acids is 1. The first-order valence-electron chi connectivity index (χ1n) is 8.70. The zero-order valence-electron chi connectivity index (χ0n) is 14.1. The van der Waals surface area contributed by atoms with Gasteiger partial charge in [0.15, 0.2) is 0 Å². The van der Waals surface area contributed by atoms with Crippen molar-refractivity contribution in [1.82, 2.24) is 20.0 Å². The largest absolute Gasteiger partial charge is 0.350 e. The predicted octanol–water partition coefficient (Wildman–Crippen LogP) is 2.06. The van der Waals surface area contributed by atoms with Gasteiger partial charge in [0.1, 0.15) is 0 Å². The maximum atomic E-state index is 12.5. The summed E-state index contributed by atoms with van der Waals surface area (Å²) in [6.45, 7) is 2.99. The number of likely N-dealkylation sites (tertiary alicyclic amines) is 1. The first-order valence-corrected chi connectivity index (χ1v) is 8.70. The highest BCUT2D eigenvalue weighted by atomic mass is 16.2. The van der Waals surface area contributed by atoms with Crippen molar-refractivity contribution in [3.8, 4) is 0 Å². The summed E-state index contributed by atoms with van der Waals surface area (Å²) in [7, 11) is 1.95. The predicted molar refractivity (Wildman–Crippen MR) is 92.4 cm³/mol. The molecule has 1 spiro atoms. The quantitative estimate of drug-likeness (QED) is 0.940. The normalized spacial score (nSPS) is 23.5. The van der Waals surface area contributed by atoms with E-state index in [2.05, 4.69) is 33.6 Å². The summed E-state index contributed by atoms with van der Waals surface area (Å²) in [4.78, 5) is 15.0. The Morgan fingerprint density at radius 3 is 2.67 bits per heavy atom. The molecule has 5 heteroatoms. The average Bonchev–Trinajstić information content (AvgIpc) is 3.14. The van der Waals surface area contributed by atoms with Crippen molar-refractivity contribution in [3.63, 3.8) is 0 Å². The van der Waals surface area contributed by atoms with Crippen LogP contribution in [0.25, 0.3) is 0 Å². The monoisotopic (exact) mass is 324 g/mol. The SMILES string of the molecule is Cn1cc(CN2CCC3(CC2)C[C@@H](c2ccccc2)C(=O)N3)cn1. The summed E-state index contributed by atoms with van der Waals surface area (Å²) in [5, 5.41) is 7.56. The van der Waals surface area contributed by atoms with Crippen LogP contribution in [-0.2, 0) is 18.4 Å². The zero-order valence-corrected chi connectivity index (χ0v) is 14.1. The second kappa shape index (κ2) is 6.06. The van der Waals surface area contributed by atoms with Crippen molar-refractivity contribution in [2.45, 2.75) is 37.3 Å². The van der Waals surface area contributed by atoms with Crippen LogP contribution in [0.5, 0.6) is 0 Å². The second-order valence-electron chi connectivity index (χ2n) is 7.24. The van der Waals surface area contributed by atoms with Gasteiger partial charge in [-0.05, 0) is 24.8 Å². The van der Waals surface area contributed by atoms with Gasteiger partial charge in [0, 0.05) is 44.0 Å². The van der Waals surface area contributed by atoms with E-state index in [1.807, 2.05) is 36.1 Å². The molecule has 2 aromatic rings. The molecule has 1 aromatic carbocycles. The van der Waals surface area contributed by atoms with E-state index in [0.29, 0.717) is 0 Å². The number of piperidine rings is 1. The van der Waals surface area contributed by atoms with Crippen LogP contribution >= 0.6 is 0 Å². The molecular formula is C19H24N4O. The number of aromatic nitrogens is 2. The fraction of sp³-hybridized carbons (Fsp3) is 0.474. The van der Waals surface area contributed by atoms with E-state index < -0.39 is 0 Å². The average molecular weight is 324 g/mol. The number of nitrogens with one attached hydrogen (secondary N) is 1. The topological polar surface area (TPSA) is 50.2 Å². The minimum absolute atomic E-state index is 0.0103. The summed E-state index contributed by atoms with van der Waals surface area (Å²) >= 11 is 0. The molecule has 2 fully saturated rings. The van der Waals surface area contributed by atoms with Crippen molar-refractivity contribution < 1.29 is 4.79 Å². The summed E-state index contributed by atoms with van der Waals surface area (Å²) in [6.07, 6.45) is 7.00. The van der Waals surface area contributed by atoms with Gasteiger partial charge >= 0.3 is 0 Å². The van der Waals surface area contributed by atoms with Crippen LogP contribution in [0.1, 0.15) is 36.3 Å². The number of aryl methyl sites for hydroxylation is 1. The standard InChI is InChI=1S/C19H24N4O/c1-22-13-15(12-20-22)14-23-9-7-19(8-10-23)11-17(18(24)21-19)16-5-3-2-4-6-16/h2-6,12-13,17H,7-11,14H2,1H3,(H,21,24)/t17-/m0/s1. The smallest absolute Gasteiger partial charge is 0.228 e. The second-order valence-corrected chi connectivity index (χ2v) is 7.24. The Morgan fingerprint density at radius 2 is 2.00 bits per heavy atom. The fourth-order valence-corrected chi connectivity index (χ4v) is 4.12. The molecule has 1 N–H and O–H groups in total. The molecule has 3 heterocycles. The third-order valence-corrected chi connectivity index (χ3v) is 5.48. The van der Waals surface area contributed by atoms with Gasteiger partial charge in [-0.3, -0.25) is 14.4 Å². The Hall–Kier alpha value is -2.14. The van der Waals surface area contributed by atoms with Gasteiger partial charge in [-0.2, -0.15) is 5.10 Å². The molecule has 2 aliphatic rings. The van der Waals surface area contributed by atoms with Crippen LogP contribution in [0.15, 0.2) is 42.7 Å². The van der Waals surface area contributed by atoms with Gasteiger partial charge in [0.05, 0.1) is 12.1 Å². The van der Waals surface area contributed by atoms with Gasteiger partial charge in [-0.15, -0.1) is 0 Å². The van der Waals surface area contributed by atoms with Crippen molar-refractivity contribution in [1.29, 1.82) is 0 Å². The number of rotatable bonds is 3. The van der Waals surface area contributed by atoms with Gasteiger partial charge in [-0.1, -0.05) is 30.3 Å². The first-order chi connectivity index (χ1) is 11.6. The van der Waals surface area contributed by atoms with Crippen LogP contribution in [0.2, 0.25) is 0 Å². The van der Waals surface area contributed by atoms with E-state index in [0.717, 1.165) is 44.5 Å². The molecular weight excluding hydrogens is 300 g/mol. The van der Waals surface area contributed by atoms with E-state index in [9.17, 15) is 4.79 Å². The summed E-state index contributed by atoms with van der Waals surface area (Å²) in [5.74, 6) is 0.206. The van der Waals surface area contributed by atoms with Gasteiger partial charge < -0.3 is 5.32 Å². The Balaban J connectivity index is 1.39. The van der Waals surface area contributed by atoms with Gasteiger partial charge in [-0.25, -0.2) is 0 Å².